The van der Waals surface area contributed by atoms with Gasteiger partial charge in [0.25, 0.3) is 0 Å². The summed E-state index contributed by atoms with van der Waals surface area (Å²) in [6, 6.07) is 13.8. The van der Waals surface area contributed by atoms with Crippen LogP contribution in [0.15, 0.2) is 64.4 Å². The normalized spacial score (nSPS) is 10.8. The average molecular weight is 334 g/mol. The highest BCUT2D eigenvalue weighted by molar-refractivity contribution is 5.36. The van der Waals surface area contributed by atoms with Gasteiger partial charge in [-0.3, -0.25) is 14.2 Å². The SMILES string of the molecule is CCc1cccc(-n2ccn(Cc3cc(C)ccc3C)c(=O)c2=O)c1. The van der Waals surface area contributed by atoms with Gasteiger partial charge >= 0.3 is 11.1 Å². The Morgan fingerprint density at radius 1 is 0.920 bits per heavy atom. The van der Waals surface area contributed by atoms with Crippen LogP contribution in [-0.2, 0) is 13.0 Å². The van der Waals surface area contributed by atoms with Crippen molar-refractivity contribution in [2.45, 2.75) is 33.7 Å². The third-order valence-electron chi connectivity index (χ3n) is 4.50. The fourth-order valence-corrected chi connectivity index (χ4v) is 2.92. The van der Waals surface area contributed by atoms with Crippen LogP contribution in [0.25, 0.3) is 5.69 Å². The maximum atomic E-state index is 12.6. The Balaban J connectivity index is 2.02. The minimum atomic E-state index is -0.527. The van der Waals surface area contributed by atoms with Crippen molar-refractivity contribution in [3.05, 3.63) is 97.8 Å². The van der Waals surface area contributed by atoms with Crippen molar-refractivity contribution >= 4 is 0 Å². The fourth-order valence-electron chi connectivity index (χ4n) is 2.92. The molecule has 2 aromatic carbocycles. The van der Waals surface area contributed by atoms with E-state index >= 15 is 0 Å². The van der Waals surface area contributed by atoms with Gasteiger partial charge in [0.2, 0.25) is 0 Å². The summed E-state index contributed by atoms with van der Waals surface area (Å²) in [7, 11) is 0. The Morgan fingerprint density at radius 2 is 1.72 bits per heavy atom. The number of hydrogen-bond acceptors (Lipinski definition) is 2. The molecule has 25 heavy (non-hydrogen) atoms. The monoisotopic (exact) mass is 334 g/mol. The summed E-state index contributed by atoms with van der Waals surface area (Å²) in [5.41, 5.74) is 4.11. The van der Waals surface area contributed by atoms with Crippen LogP contribution in [0.3, 0.4) is 0 Å². The smallest absolute Gasteiger partial charge is 0.305 e. The number of rotatable bonds is 4. The first-order valence-corrected chi connectivity index (χ1v) is 8.47. The third-order valence-corrected chi connectivity index (χ3v) is 4.50. The fraction of sp³-hybridized carbons (Fsp3) is 0.238. The molecule has 0 bridgehead atoms. The summed E-state index contributed by atoms with van der Waals surface area (Å²) in [5.74, 6) is 0. The van der Waals surface area contributed by atoms with E-state index < -0.39 is 11.1 Å². The summed E-state index contributed by atoms with van der Waals surface area (Å²) in [6.07, 6.45) is 4.24. The lowest BCUT2D eigenvalue weighted by atomic mass is 10.1. The van der Waals surface area contributed by atoms with Crippen LogP contribution < -0.4 is 11.1 Å². The largest absolute Gasteiger partial charge is 0.320 e. The molecule has 0 unspecified atom stereocenters. The molecule has 1 heterocycles. The van der Waals surface area contributed by atoms with Crippen molar-refractivity contribution in [1.82, 2.24) is 9.13 Å². The van der Waals surface area contributed by atoms with Crippen molar-refractivity contribution in [3.63, 3.8) is 0 Å². The lowest BCUT2D eigenvalue weighted by molar-refractivity contribution is 0.715. The molecule has 0 aliphatic heterocycles. The van der Waals surface area contributed by atoms with E-state index in [4.69, 9.17) is 0 Å². The molecule has 0 spiro atoms. The first-order chi connectivity index (χ1) is 12.0. The Bertz CT molecular complexity index is 1030. The molecule has 3 rings (SSSR count). The van der Waals surface area contributed by atoms with Crippen molar-refractivity contribution in [3.8, 4) is 5.69 Å². The molecule has 0 aliphatic carbocycles. The van der Waals surface area contributed by atoms with Gasteiger partial charge in [0.1, 0.15) is 0 Å². The van der Waals surface area contributed by atoms with Crippen LogP contribution in [0.5, 0.6) is 0 Å². The van der Waals surface area contributed by atoms with Crippen molar-refractivity contribution in [2.24, 2.45) is 0 Å². The van der Waals surface area contributed by atoms with Crippen molar-refractivity contribution < 1.29 is 0 Å². The Morgan fingerprint density at radius 3 is 2.48 bits per heavy atom. The molecule has 0 N–H and O–H groups in total. The van der Waals surface area contributed by atoms with E-state index in [1.165, 1.54) is 9.13 Å². The zero-order chi connectivity index (χ0) is 18.0. The maximum absolute atomic E-state index is 12.6. The van der Waals surface area contributed by atoms with E-state index in [1.807, 2.05) is 50.2 Å². The molecule has 0 radical (unpaired) electrons. The molecule has 0 aliphatic rings. The molecule has 0 fully saturated rings. The Labute approximate surface area is 147 Å². The van der Waals surface area contributed by atoms with Crippen molar-refractivity contribution in [1.29, 1.82) is 0 Å². The van der Waals surface area contributed by atoms with Crippen LogP contribution in [0.2, 0.25) is 0 Å². The highest BCUT2D eigenvalue weighted by Crippen LogP contribution is 2.12. The van der Waals surface area contributed by atoms with E-state index in [2.05, 4.69) is 13.0 Å². The van der Waals surface area contributed by atoms with E-state index in [9.17, 15) is 9.59 Å². The standard InChI is InChI=1S/C21H22N2O2/c1-4-17-6-5-7-19(13-17)23-11-10-22(20(24)21(23)25)14-18-12-15(2)8-9-16(18)3/h5-13H,4,14H2,1-3H3. The summed E-state index contributed by atoms with van der Waals surface area (Å²) >= 11 is 0. The number of nitrogens with zero attached hydrogens (tertiary/aromatic N) is 2. The average Bonchev–Trinajstić information content (AvgIpc) is 2.62. The van der Waals surface area contributed by atoms with Crippen molar-refractivity contribution in [2.75, 3.05) is 0 Å². The molecule has 0 amide bonds. The summed E-state index contributed by atoms with van der Waals surface area (Å²) in [5, 5.41) is 0. The molecule has 0 saturated carbocycles. The predicted molar refractivity (Wildman–Crippen MR) is 101 cm³/mol. The number of aromatic nitrogens is 2. The first kappa shape index (κ1) is 17.0. The first-order valence-electron chi connectivity index (χ1n) is 8.47. The zero-order valence-electron chi connectivity index (χ0n) is 14.8. The predicted octanol–water partition coefficient (Wildman–Crippen LogP) is 3.23. The van der Waals surface area contributed by atoms with E-state index in [1.54, 1.807) is 12.4 Å². The minimum absolute atomic E-state index is 0.400. The second kappa shape index (κ2) is 6.93. The quantitative estimate of drug-likeness (QED) is 0.688. The molecule has 3 aromatic rings. The van der Waals surface area contributed by atoms with Crippen LogP contribution in [0.4, 0.5) is 0 Å². The second-order valence-electron chi connectivity index (χ2n) is 6.36. The lowest BCUT2D eigenvalue weighted by Gasteiger charge is -2.12. The van der Waals surface area contributed by atoms with E-state index in [0.717, 1.165) is 34.4 Å². The molecular weight excluding hydrogens is 312 g/mol. The Hall–Kier alpha value is -2.88. The molecule has 4 nitrogen and oxygen atoms in total. The number of benzene rings is 2. The summed E-state index contributed by atoms with van der Waals surface area (Å²) in [6.45, 7) is 6.49. The molecule has 128 valence electrons. The topological polar surface area (TPSA) is 44.0 Å². The van der Waals surface area contributed by atoms with Gasteiger partial charge in [-0.1, -0.05) is 42.8 Å². The molecule has 0 atom stereocenters. The van der Waals surface area contributed by atoms with Gasteiger partial charge in [0.15, 0.2) is 0 Å². The van der Waals surface area contributed by atoms with E-state index in [0.29, 0.717) is 6.54 Å². The third kappa shape index (κ3) is 3.48. The second-order valence-corrected chi connectivity index (χ2v) is 6.36. The maximum Gasteiger partial charge on any atom is 0.320 e. The van der Waals surface area contributed by atoms with Gasteiger partial charge in [0.05, 0.1) is 6.54 Å². The number of aryl methyl sites for hydroxylation is 3. The van der Waals surface area contributed by atoms with Gasteiger partial charge in [-0.25, -0.2) is 0 Å². The number of hydrogen-bond donors (Lipinski definition) is 0. The highest BCUT2D eigenvalue weighted by Gasteiger charge is 2.09. The van der Waals surface area contributed by atoms with E-state index in [-0.39, 0.29) is 0 Å². The van der Waals surface area contributed by atoms with Crippen LogP contribution in [-0.4, -0.2) is 9.13 Å². The van der Waals surface area contributed by atoms with Gasteiger partial charge in [-0.05, 0) is 49.1 Å². The van der Waals surface area contributed by atoms with Gasteiger partial charge < -0.3 is 4.57 Å². The van der Waals surface area contributed by atoms with Gasteiger partial charge in [-0.2, -0.15) is 0 Å². The molecule has 4 heteroatoms. The van der Waals surface area contributed by atoms with Gasteiger partial charge in [-0.15, -0.1) is 0 Å². The Kier molecular flexibility index (Phi) is 4.70. The minimum Gasteiger partial charge on any atom is -0.305 e. The molecule has 1 aromatic heterocycles. The lowest BCUT2D eigenvalue weighted by Crippen LogP contribution is -2.40. The highest BCUT2D eigenvalue weighted by atomic mass is 16.2. The molecule has 0 saturated heterocycles. The summed E-state index contributed by atoms with van der Waals surface area (Å²) < 4.78 is 2.89. The van der Waals surface area contributed by atoms with Crippen LogP contribution >= 0.6 is 0 Å². The zero-order valence-corrected chi connectivity index (χ0v) is 14.8. The van der Waals surface area contributed by atoms with Crippen LogP contribution in [0.1, 0.15) is 29.2 Å². The summed E-state index contributed by atoms with van der Waals surface area (Å²) in [4.78, 5) is 25.1. The molecular formula is C21H22N2O2. The van der Waals surface area contributed by atoms with Crippen LogP contribution in [0, 0.1) is 13.8 Å². The van der Waals surface area contributed by atoms with Gasteiger partial charge in [0, 0.05) is 18.1 Å².